The smallest absolute Gasteiger partial charge is 0.262 e. The monoisotopic (exact) mass is 410 g/mol. The molecule has 0 unspecified atom stereocenters. The van der Waals surface area contributed by atoms with Crippen molar-refractivity contribution in [2.24, 2.45) is 0 Å². The fraction of sp³-hybridized carbons (Fsp3) is 0.263. The number of halogens is 2. The fourth-order valence-electron chi connectivity index (χ4n) is 2.19. The quantitative estimate of drug-likeness (QED) is 0.616. The van der Waals surface area contributed by atoms with Gasteiger partial charge < -0.3 is 20.1 Å². The molecule has 0 atom stereocenters. The van der Waals surface area contributed by atoms with Crippen LogP contribution in [-0.4, -0.2) is 38.7 Å². The van der Waals surface area contributed by atoms with Gasteiger partial charge in [0.15, 0.2) is 6.61 Å². The van der Waals surface area contributed by atoms with E-state index in [0.29, 0.717) is 40.2 Å². The predicted octanol–water partition coefficient (Wildman–Crippen LogP) is 3.78. The molecule has 2 N–H and O–H groups in total. The number of rotatable bonds is 9. The highest BCUT2D eigenvalue weighted by Crippen LogP contribution is 2.27. The molecule has 0 spiro atoms. The van der Waals surface area contributed by atoms with Gasteiger partial charge in [-0.05, 0) is 42.8 Å². The molecule has 2 amide bonds. The standard InChI is InChI=1S/C19H20Cl2N2O4/c1-26-9-3-8-22-19(25)13-4-2-5-15(10-13)23-18(24)12-27-17-7-6-14(20)11-16(17)21/h2,4-7,10-11H,3,8-9,12H2,1H3,(H,22,25)(H,23,24). The van der Waals surface area contributed by atoms with Crippen molar-refractivity contribution in [2.45, 2.75) is 6.42 Å². The Kier molecular flexibility index (Phi) is 8.39. The van der Waals surface area contributed by atoms with Gasteiger partial charge in [0, 0.05) is 36.5 Å². The van der Waals surface area contributed by atoms with Crippen LogP contribution in [0.2, 0.25) is 10.0 Å². The average Bonchev–Trinajstić information content (AvgIpc) is 2.64. The van der Waals surface area contributed by atoms with E-state index < -0.39 is 0 Å². The Labute approximate surface area is 167 Å². The molecule has 0 saturated carbocycles. The maximum absolute atomic E-state index is 12.1. The SMILES string of the molecule is COCCCNC(=O)c1cccc(NC(=O)COc2ccc(Cl)cc2Cl)c1. The molecule has 6 nitrogen and oxygen atoms in total. The molecule has 2 aromatic carbocycles. The number of anilines is 1. The molecule has 8 heteroatoms. The van der Waals surface area contributed by atoms with E-state index in [1.165, 1.54) is 6.07 Å². The number of hydrogen-bond acceptors (Lipinski definition) is 4. The van der Waals surface area contributed by atoms with Crippen LogP contribution < -0.4 is 15.4 Å². The van der Waals surface area contributed by atoms with Crippen molar-refractivity contribution in [3.05, 3.63) is 58.1 Å². The lowest BCUT2D eigenvalue weighted by Gasteiger charge is -2.10. The van der Waals surface area contributed by atoms with Crippen molar-refractivity contribution in [1.82, 2.24) is 5.32 Å². The predicted molar refractivity (Wildman–Crippen MR) is 106 cm³/mol. The lowest BCUT2D eigenvalue weighted by Crippen LogP contribution is -2.25. The molecule has 2 rings (SSSR count). The molecule has 0 aliphatic carbocycles. The molecular weight excluding hydrogens is 391 g/mol. The molecule has 144 valence electrons. The van der Waals surface area contributed by atoms with E-state index in [0.717, 1.165) is 6.42 Å². The van der Waals surface area contributed by atoms with Gasteiger partial charge in [0.05, 0.1) is 5.02 Å². The van der Waals surface area contributed by atoms with Crippen LogP contribution in [0.1, 0.15) is 16.8 Å². The Morgan fingerprint density at radius 1 is 1.11 bits per heavy atom. The van der Waals surface area contributed by atoms with Gasteiger partial charge in [-0.3, -0.25) is 9.59 Å². The van der Waals surface area contributed by atoms with Crippen LogP contribution >= 0.6 is 23.2 Å². The zero-order chi connectivity index (χ0) is 19.6. The number of amides is 2. The molecular formula is C19H20Cl2N2O4. The highest BCUT2D eigenvalue weighted by molar-refractivity contribution is 6.35. The van der Waals surface area contributed by atoms with Crippen molar-refractivity contribution in [3.8, 4) is 5.75 Å². The third-order valence-electron chi connectivity index (χ3n) is 3.47. The molecule has 0 aliphatic heterocycles. The second-order valence-corrected chi connectivity index (χ2v) is 6.44. The van der Waals surface area contributed by atoms with E-state index in [4.69, 9.17) is 32.7 Å². The molecule has 0 heterocycles. The van der Waals surface area contributed by atoms with Gasteiger partial charge >= 0.3 is 0 Å². The first-order chi connectivity index (χ1) is 13.0. The van der Waals surface area contributed by atoms with E-state index in [9.17, 15) is 9.59 Å². The van der Waals surface area contributed by atoms with Crippen molar-refractivity contribution in [2.75, 3.05) is 32.2 Å². The van der Waals surface area contributed by atoms with Crippen LogP contribution in [0.3, 0.4) is 0 Å². The van der Waals surface area contributed by atoms with Crippen molar-refractivity contribution in [3.63, 3.8) is 0 Å². The van der Waals surface area contributed by atoms with Crippen LogP contribution in [-0.2, 0) is 9.53 Å². The molecule has 0 fully saturated rings. The summed E-state index contributed by atoms with van der Waals surface area (Å²) >= 11 is 11.8. The number of benzene rings is 2. The van der Waals surface area contributed by atoms with Gasteiger partial charge in [0.2, 0.25) is 0 Å². The number of hydrogen-bond donors (Lipinski definition) is 2. The number of ether oxygens (including phenoxy) is 2. The van der Waals surface area contributed by atoms with E-state index in [1.807, 2.05) is 0 Å². The van der Waals surface area contributed by atoms with Crippen molar-refractivity contribution >= 4 is 40.7 Å². The fourth-order valence-corrected chi connectivity index (χ4v) is 2.65. The van der Waals surface area contributed by atoms with Crippen LogP contribution in [0.5, 0.6) is 5.75 Å². The first kappa shape index (κ1) is 21.0. The van der Waals surface area contributed by atoms with E-state index >= 15 is 0 Å². The van der Waals surface area contributed by atoms with Gasteiger partial charge in [0.25, 0.3) is 11.8 Å². The second-order valence-electron chi connectivity index (χ2n) is 5.59. The normalized spacial score (nSPS) is 10.3. The Morgan fingerprint density at radius 3 is 2.67 bits per heavy atom. The summed E-state index contributed by atoms with van der Waals surface area (Å²) in [6.45, 7) is 0.863. The molecule has 0 aliphatic rings. The Hall–Kier alpha value is -2.28. The summed E-state index contributed by atoms with van der Waals surface area (Å²) in [6, 6.07) is 11.4. The summed E-state index contributed by atoms with van der Waals surface area (Å²) in [5.41, 5.74) is 0.947. The minimum absolute atomic E-state index is 0.216. The lowest BCUT2D eigenvalue weighted by atomic mass is 10.2. The first-order valence-corrected chi connectivity index (χ1v) is 9.00. The topological polar surface area (TPSA) is 76.7 Å². The summed E-state index contributed by atoms with van der Waals surface area (Å²) in [5.74, 6) is -0.231. The highest BCUT2D eigenvalue weighted by Gasteiger charge is 2.09. The maximum atomic E-state index is 12.1. The molecule has 0 saturated heterocycles. The van der Waals surface area contributed by atoms with Gasteiger partial charge in [-0.15, -0.1) is 0 Å². The Bertz CT molecular complexity index is 799. The van der Waals surface area contributed by atoms with Gasteiger partial charge in [-0.1, -0.05) is 29.3 Å². The summed E-state index contributed by atoms with van der Waals surface area (Å²) in [6.07, 6.45) is 0.725. The van der Waals surface area contributed by atoms with Crippen LogP contribution in [0.15, 0.2) is 42.5 Å². The molecule has 0 radical (unpaired) electrons. The minimum atomic E-state index is -0.376. The van der Waals surface area contributed by atoms with E-state index in [-0.39, 0.29) is 18.4 Å². The summed E-state index contributed by atoms with van der Waals surface area (Å²) in [7, 11) is 1.61. The molecule has 0 aromatic heterocycles. The van der Waals surface area contributed by atoms with Crippen LogP contribution in [0, 0.1) is 0 Å². The Morgan fingerprint density at radius 2 is 1.93 bits per heavy atom. The van der Waals surface area contributed by atoms with E-state index in [1.54, 1.807) is 43.5 Å². The van der Waals surface area contributed by atoms with Crippen LogP contribution in [0.4, 0.5) is 5.69 Å². The summed E-state index contributed by atoms with van der Waals surface area (Å²) < 4.78 is 10.3. The van der Waals surface area contributed by atoms with Gasteiger partial charge in [-0.25, -0.2) is 0 Å². The number of carbonyl (C=O) groups is 2. The highest BCUT2D eigenvalue weighted by atomic mass is 35.5. The van der Waals surface area contributed by atoms with Gasteiger partial charge in [-0.2, -0.15) is 0 Å². The number of carbonyl (C=O) groups excluding carboxylic acids is 2. The average molecular weight is 411 g/mol. The second kappa shape index (κ2) is 10.8. The molecule has 27 heavy (non-hydrogen) atoms. The molecule has 2 aromatic rings. The van der Waals surface area contributed by atoms with Crippen molar-refractivity contribution in [1.29, 1.82) is 0 Å². The maximum Gasteiger partial charge on any atom is 0.262 e. The summed E-state index contributed by atoms with van der Waals surface area (Å²) in [4.78, 5) is 24.2. The first-order valence-electron chi connectivity index (χ1n) is 8.24. The minimum Gasteiger partial charge on any atom is -0.482 e. The van der Waals surface area contributed by atoms with Gasteiger partial charge in [0.1, 0.15) is 5.75 Å². The zero-order valence-electron chi connectivity index (χ0n) is 14.8. The third-order valence-corrected chi connectivity index (χ3v) is 4.00. The zero-order valence-corrected chi connectivity index (χ0v) is 16.3. The van der Waals surface area contributed by atoms with Crippen LogP contribution in [0.25, 0.3) is 0 Å². The number of methoxy groups -OCH3 is 1. The lowest BCUT2D eigenvalue weighted by molar-refractivity contribution is -0.118. The van der Waals surface area contributed by atoms with E-state index in [2.05, 4.69) is 10.6 Å². The number of nitrogens with one attached hydrogen (secondary N) is 2. The Balaban J connectivity index is 1.87. The third kappa shape index (κ3) is 7.09. The summed E-state index contributed by atoms with van der Waals surface area (Å²) in [5, 5.41) is 6.27. The largest absolute Gasteiger partial charge is 0.482 e. The molecule has 0 bridgehead atoms. The van der Waals surface area contributed by atoms with Crippen molar-refractivity contribution < 1.29 is 19.1 Å².